The summed E-state index contributed by atoms with van der Waals surface area (Å²) in [6.45, 7) is 6.87. The van der Waals surface area contributed by atoms with Crippen molar-refractivity contribution in [1.82, 2.24) is 14.8 Å². The molecule has 1 N–H and O–H groups in total. The Balaban J connectivity index is 1.74. The van der Waals surface area contributed by atoms with Crippen LogP contribution in [0.3, 0.4) is 0 Å². The first-order valence-corrected chi connectivity index (χ1v) is 9.58. The van der Waals surface area contributed by atoms with Crippen LogP contribution in [-0.2, 0) is 13.0 Å². The summed E-state index contributed by atoms with van der Waals surface area (Å²) in [7, 11) is 1.83. The van der Waals surface area contributed by atoms with E-state index < -0.39 is 0 Å². The largest absolute Gasteiger partial charge is 0.373 e. The predicted molar refractivity (Wildman–Crippen MR) is 114 cm³/mol. The van der Waals surface area contributed by atoms with E-state index >= 15 is 0 Å². The van der Waals surface area contributed by atoms with Crippen molar-refractivity contribution in [1.29, 1.82) is 0 Å². The van der Waals surface area contributed by atoms with Crippen LogP contribution in [0.1, 0.15) is 41.9 Å². The Morgan fingerprint density at radius 2 is 1.86 bits per heavy atom. The van der Waals surface area contributed by atoms with Gasteiger partial charge in [0.2, 0.25) is 0 Å². The van der Waals surface area contributed by atoms with Gasteiger partial charge in [0.25, 0.3) is 0 Å². The Morgan fingerprint density at radius 3 is 2.46 bits per heavy atom. The third-order valence-electron chi connectivity index (χ3n) is 4.56. The zero-order valence-electron chi connectivity index (χ0n) is 16.9. The summed E-state index contributed by atoms with van der Waals surface area (Å²) in [4.78, 5) is 4.31. The standard InChI is InChI=1S/C23H27FN4/c1-16(2)11-18-5-7-19(8-6-18)13-21(24)22-12-17(3)28(27-22)15-20-9-10-23(25-4)26-14-20/h5-10,12-14,16H,11,15H2,1-4H3,(H,25,26). The topological polar surface area (TPSA) is 42.7 Å². The lowest BCUT2D eigenvalue weighted by atomic mass is 10.0. The molecule has 2 aromatic heterocycles. The number of nitrogens with zero attached hydrogens (tertiary/aromatic N) is 3. The molecule has 0 spiro atoms. The molecule has 0 saturated heterocycles. The van der Waals surface area contributed by atoms with Gasteiger partial charge in [-0.15, -0.1) is 0 Å². The molecule has 5 heteroatoms. The maximum Gasteiger partial charge on any atom is 0.151 e. The lowest BCUT2D eigenvalue weighted by Crippen LogP contribution is -2.04. The lowest BCUT2D eigenvalue weighted by molar-refractivity contribution is 0.647. The van der Waals surface area contributed by atoms with Gasteiger partial charge in [-0.2, -0.15) is 5.10 Å². The number of pyridine rings is 1. The first kappa shape index (κ1) is 19.8. The molecule has 0 fully saturated rings. The molecule has 4 nitrogen and oxygen atoms in total. The van der Waals surface area contributed by atoms with Crippen molar-refractivity contribution < 1.29 is 4.39 Å². The molecule has 3 aromatic rings. The number of aromatic nitrogens is 3. The van der Waals surface area contributed by atoms with Crippen molar-refractivity contribution >= 4 is 17.7 Å². The zero-order valence-corrected chi connectivity index (χ0v) is 16.9. The van der Waals surface area contributed by atoms with Crippen LogP contribution in [0.5, 0.6) is 0 Å². The predicted octanol–water partition coefficient (Wildman–Crippen LogP) is 5.34. The molecular weight excluding hydrogens is 351 g/mol. The summed E-state index contributed by atoms with van der Waals surface area (Å²) in [6, 6.07) is 13.7. The monoisotopic (exact) mass is 378 g/mol. The van der Waals surface area contributed by atoms with Crippen LogP contribution in [0.25, 0.3) is 11.9 Å². The number of anilines is 1. The second-order valence-corrected chi connectivity index (χ2v) is 7.46. The van der Waals surface area contributed by atoms with Crippen LogP contribution >= 0.6 is 0 Å². The first-order chi connectivity index (χ1) is 13.4. The van der Waals surface area contributed by atoms with Crippen LogP contribution in [0.4, 0.5) is 10.2 Å². The lowest BCUT2D eigenvalue weighted by Gasteiger charge is -2.05. The van der Waals surface area contributed by atoms with Crippen molar-refractivity contribution in [3.8, 4) is 0 Å². The van der Waals surface area contributed by atoms with Crippen molar-refractivity contribution in [2.75, 3.05) is 12.4 Å². The van der Waals surface area contributed by atoms with Gasteiger partial charge in [0.1, 0.15) is 11.5 Å². The molecule has 0 amide bonds. The summed E-state index contributed by atoms with van der Waals surface area (Å²) >= 11 is 0. The van der Waals surface area contributed by atoms with Crippen LogP contribution < -0.4 is 5.32 Å². The quantitative estimate of drug-likeness (QED) is 0.603. The van der Waals surface area contributed by atoms with Gasteiger partial charge >= 0.3 is 0 Å². The fraction of sp³-hybridized carbons (Fsp3) is 0.304. The van der Waals surface area contributed by atoms with Crippen molar-refractivity contribution in [2.45, 2.75) is 33.7 Å². The Bertz CT molecular complexity index is 938. The Morgan fingerprint density at radius 1 is 1.14 bits per heavy atom. The number of halogens is 1. The van der Waals surface area contributed by atoms with Gasteiger partial charge in [-0.25, -0.2) is 9.37 Å². The molecular formula is C23H27FN4. The average molecular weight is 378 g/mol. The molecule has 0 aliphatic rings. The molecule has 0 bridgehead atoms. The Hall–Kier alpha value is -2.95. The Labute approximate surface area is 166 Å². The minimum absolute atomic E-state index is 0.331. The minimum atomic E-state index is -0.331. The number of hydrogen-bond donors (Lipinski definition) is 1. The van der Waals surface area contributed by atoms with Crippen LogP contribution in [0.15, 0.2) is 48.7 Å². The van der Waals surface area contributed by atoms with E-state index in [2.05, 4.69) is 41.4 Å². The molecule has 1 aromatic carbocycles. The summed E-state index contributed by atoms with van der Waals surface area (Å²) in [6.07, 6.45) is 4.37. The van der Waals surface area contributed by atoms with Crippen LogP contribution in [0, 0.1) is 12.8 Å². The molecule has 0 unspecified atom stereocenters. The maximum absolute atomic E-state index is 14.7. The normalized spacial score (nSPS) is 11.9. The number of benzene rings is 1. The highest BCUT2D eigenvalue weighted by Gasteiger charge is 2.10. The molecule has 28 heavy (non-hydrogen) atoms. The van der Waals surface area contributed by atoms with Crippen LogP contribution in [0.2, 0.25) is 0 Å². The second-order valence-electron chi connectivity index (χ2n) is 7.46. The molecule has 0 atom stereocenters. The molecule has 0 radical (unpaired) electrons. The highest BCUT2D eigenvalue weighted by Crippen LogP contribution is 2.21. The van der Waals surface area contributed by atoms with E-state index in [0.29, 0.717) is 18.2 Å². The highest BCUT2D eigenvalue weighted by molar-refractivity contribution is 5.75. The van der Waals surface area contributed by atoms with Gasteiger partial charge in [-0.3, -0.25) is 4.68 Å². The summed E-state index contributed by atoms with van der Waals surface area (Å²) in [5.74, 6) is 1.09. The van der Waals surface area contributed by atoms with Crippen LogP contribution in [-0.4, -0.2) is 21.8 Å². The fourth-order valence-corrected chi connectivity index (χ4v) is 3.07. The third kappa shape index (κ3) is 5.06. The molecule has 0 saturated carbocycles. The first-order valence-electron chi connectivity index (χ1n) is 9.58. The van der Waals surface area contributed by atoms with Gasteiger partial charge in [-0.1, -0.05) is 44.2 Å². The van der Waals surface area contributed by atoms with Gasteiger partial charge < -0.3 is 5.32 Å². The summed E-state index contributed by atoms with van der Waals surface area (Å²) < 4.78 is 16.5. The highest BCUT2D eigenvalue weighted by atomic mass is 19.1. The van der Waals surface area contributed by atoms with E-state index in [1.54, 1.807) is 16.9 Å². The van der Waals surface area contributed by atoms with Gasteiger partial charge in [0, 0.05) is 18.9 Å². The molecule has 0 aliphatic carbocycles. The zero-order chi connectivity index (χ0) is 20.1. The van der Waals surface area contributed by atoms with Gasteiger partial charge in [0.05, 0.1) is 6.54 Å². The van der Waals surface area contributed by atoms with Crippen molar-refractivity contribution in [3.63, 3.8) is 0 Å². The smallest absolute Gasteiger partial charge is 0.151 e. The maximum atomic E-state index is 14.7. The van der Waals surface area contributed by atoms with E-state index in [4.69, 9.17) is 0 Å². The molecule has 0 aliphatic heterocycles. The summed E-state index contributed by atoms with van der Waals surface area (Å²) in [5, 5.41) is 7.42. The summed E-state index contributed by atoms with van der Waals surface area (Å²) in [5.41, 5.74) is 4.38. The molecule has 146 valence electrons. The fourth-order valence-electron chi connectivity index (χ4n) is 3.07. The molecule has 3 rings (SSSR count). The number of aryl methyl sites for hydroxylation is 1. The third-order valence-corrected chi connectivity index (χ3v) is 4.56. The SMILES string of the molecule is CNc1ccc(Cn2nc(C(F)=Cc3ccc(CC(C)C)cc3)cc2C)cn1. The number of nitrogens with one attached hydrogen (secondary N) is 1. The number of hydrogen-bond acceptors (Lipinski definition) is 3. The van der Waals surface area contributed by atoms with E-state index in [1.165, 1.54) is 11.6 Å². The van der Waals surface area contributed by atoms with Gasteiger partial charge in [-0.05, 0) is 54.2 Å². The minimum Gasteiger partial charge on any atom is -0.373 e. The van der Waals surface area contributed by atoms with Crippen molar-refractivity contribution in [3.05, 3.63) is 76.7 Å². The van der Waals surface area contributed by atoms with Gasteiger partial charge in [0.15, 0.2) is 5.83 Å². The second kappa shape index (κ2) is 8.83. The molecule has 2 heterocycles. The van der Waals surface area contributed by atoms with Crippen molar-refractivity contribution in [2.24, 2.45) is 5.92 Å². The Kier molecular flexibility index (Phi) is 6.24. The van der Waals surface area contributed by atoms with E-state index in [1.807, 2.05) is 38.2 Å². The average Bonchev–Trinajstić information content (AvgIpc) is 3.04. The van der Waals surface area contributed by atoms with E-state index in [0.717, 1.165) is 29.1 Å². The van der Waals surface area contributed by atoms with E-state index in [9.17, 15) is 4.39 Å². The van der Waals surface area contributed by atoms with E-state index in [-0.39, 0.29) is 5.83 Å². The number of rotatable bonds is 7.